The highest BCUT2D eigenvalue weighted by Crippen LogP contribution is 2.34. The molecule has 1 heterocycles. The van der Waals surface area contributed by atoms with E-state index in [-0.39, 0.29) is 0 Å². The third-order valence-corrected chi connectivity index (χ3v) is 2.71. The monoisotopic (exact) mass is 204 g/mol. The fraction of sp³-hybridized carbons (Fsp3) is 0.333. The number of carbonyl (C=O) groups excluding carboxylic acids is 2. The average Bonchev–Trinajstić information content (AvgIpc) is 2.20. The fourth-order valence-corrected chi connectivity index (χ4v) is 1.68. The van der Waals surface area contributed by atoms with Gasteiger partial charge in [-0.1, -0.05) is 12.1 Å². The summed E-state index contributed by atoms with van der Waals surface area (Å²) in [5.41, 5.74) is 0.925. The van der Waals surface area contributed by atoms with Crippen LogP contribution in [0.25, 0.3) is 0 Å². The normalized spacial score (nSPS) is 24.3. The lowest BCUT2D eigenvalue weighted by Gasteiger charge is -2.27. The quantitative estimate of drug-likeness (QED) is 0.302. The second-order valence-corrected chi connectivity index (χ2v) is 4.21. The highest BCUT2D eigenvalue weighted by atomic mass is 16.5. The summed E-state index contributed by atoms with van der Waals surface area (Å²) in [4.78, 5) is 22.4. The molecule has 0 unspecified atom stereocenters. The number of hydrogen-bond donors (Lipinski definition) is 0. The summed E-state index contributed by atoms with van der Waals surface area (Å²) >= 11 is 0. The van der Waals surface area contributed by atoms with Crippen molar-refractivity contribution >= 4 is 12.3 Å². The molecular weight excluding hydrogens is 192 g/mol. The predicted molar refractivity (Wildman–Crippen MR) is 54.7 cm³/mol. The molecule has 1 atom stereocenters. The maximum atomic E-state index is 11.6. The summed E-state index contributed by atoms with van der Waals surface area (Å²) in [7, 11) is 0. The summed E-state index contributed by atoms with van der Waals surface area (Å²) in [6, 6.07) is 5.67. The van der Waals surface area contributed by atoms with Gasteiger partial charge >= 0.3 is 5.97 Å². The molecule has 2 rings (SSSR count). The lowest BCUT2D eigenvalue weighted by molar-refractivity contribution is -0.149. The van der Waals surface area contributed by atoms with Crippen molar-refractivity contribution in [3.8, 4) is 5.75 Å². The highest BCUT2D eigenvalue weighted by Gasteiger charge is 2.40. The number of hydrogen-bond acceptors (Lipinski definition) is 3. The van der Waals surface area contributed by atoms with E-state index in [2.05, 4.69) is 0 Å². The predicted octanol–water partition coefficient (Wildman–Crippen LogP) is 1.66. The molecule has 3 nitrogen and oxygen atoms in total. The van der Waals surface area contributed by atoms with Gasteiger partial charge in [0, 0.05) is 0 Å². The number of benzene rings is 1. The number of esters is 1. The Kier molecular flexibility index (Phi) is 2.11. The first-order chi connectivity index (χ1) is 7.05. The van der Waals surface area contributed by atoms with Crippen LogP contribution in [0.2, 0.25) is 0 Å². The molecule has 0 aromatic heterocycles. The van der Waals surface area contributed by atoms with Crippen molar-refractivity contribution in [2.45, 2.75) is 20.3 Å². The largest absolute Gasteiger partial charge is 0.425 e. The van der Waals surface area contributed by atoms with Crippen LogP contribution in [-0.2, 0) is 16.0 Å². The second kappa shape index (κ2) is 3.19. The van der Waals surface area contributed by atoms with E-state index >= 15 is 0 Å². The molecule has 3 heteroatoms. The van der Waals surface area contributed by atoms with Crippen LogP contribution in [0.1, 0.15) is 18.1 Å². The summed E-state index contributed by atoms with van der Waals surface area (Å²) < 4.78 is 5.15. The minimum atomic E-state index is -1.03. The maximum Gasteiger partial charge on any atom is 0.324 e. The first-order valence-electron chi connectivity index (χ1n) is 4.83. The van der Waals surface area contributed by atoms with E-state index in [0.717, 1.165) is 11.1 Å². The third-order valence-electron chi connectivity index (χ3n) is 2.71. The number of ether oxygens (including phenoxy) is 1. The first kappa shape index (κ1) is 9.90. The molecular formula is C12H12O3. The molecule has 0 saturated carbocycles. The van der Waals surface area contributed by atoms with Gasteiger partial charge in [-0.05, 0) is 37.5 Å². The van der Waals surface area contributed by atoms with Crippen molar-refractivity contribution in [1.82, 2.24) is 0 Å². The third kappa shape index (κ3) is 1.54. The molecule has 0 bridgehead atoms. The first-order valence-corrected chi connectivity index (χ1v) is 4.83. The summed E-state index contributed by atoms with van der Waals surface area (Å²) in [6.45, 7) is 3.53. The zero-order valence-electron chi connectivity index (χ0n) is 8.74. The van der Waals surface area contributed by atoms with Gasteiger partial charge in [0.2, 0.25) is 0 Å². The molecule has 0 spiro atoms. The van der Waals surface area contributed by atoms with Crippen LogP contribution in [0.5, 0.6) is 5.75 Å². The summed E-state index contributed by atoms with van der Waals surface area (Å²) in [5.74, 6) is 0.120. The van der Waals surface area contributed by atoms with Crippen LogP contribution in [0.15, 0.2) is 18.2 Å². The van der Waals surface area contributed by atoms with E-state index in [1.165, 1.54) is 0 Å². The molecule has 1 aliphatic heterocycles. The van der Waals surface area contributed by atoms with Crippen LogP contribution in [0.3, 0.4) is 0 Å². The van der Waals surface area contributed by atoms with E-state index in [4.69, 9.17) is 4.74 Å². The lowest BCUT2D eigenvalue weighted by atomic mass is 9.83. The Hall–Kier alpha value is -1.64. The van der Waals surface area contributed by atoms with Crippen LogP contribution in [0.4, 0.5) is 0 Å². The number of carbonyl (C=O) groups is 2. The van der Waals surface area contributed by atoms with Crippen molar-refractivity contribution in [2.24, 2.45) is 5.41 Å². The van der Waals surface area contributed by atoms with Crippen molar-refractivity contribution in [1.29, 1.82) is 0 Å². The zero-order valence-corrected chi connectivity index (χ0v) is 8.74. The number of aryl methyl sites for hydroxylation is 1. The van der Waals surface area contributed by atoms with Gasteiger partial charge in [-0.2, -0.15) is 0 Å². The van der Waals surface area contributed by atoms with E-state index in [1.807, 2.05) is 25.1 Å². The van der Waals surface area contributed by atoms with Crippen LogP contribution >= 0.6 is 0 Å². The minimum absolute atomic E-state index is 0.422. The van der Waals surface area contributed by atoms with E-state index < -0.39 is 11.4 Å². The molecule has 0 radical (unpaired) electrons. The van der Waals surface area contributed by atoms with Gasteiger partial charge in [0.15, 0.2) is 0 Å². The van der Waals surface area contributed by atoms with E-state index in [9.17, 15) is 9.59 Å². The number of rotatable bonds is 1. The molecule has 78 valence electrons. The summed E-state index contributed by atoms with van der Waals surface area (Å²) in [5, 5.41) is 0. The maximum absolute atomic E-state index is 11.6. The number of aldehydes is 1. The molecule has 0 aliphatic carbocycles. The fourth-order valence-electron chi connectivity index (χ4n) is 1.68. The average molecular weight is 204 g/mol. The summed E-state index contributed by atoms with van der Waals surface area (Å²) in [6.07, 6.45) is 1.09. The molecule has 15 heavy (non-hydrogen) atoms. The Morgan fingerprint density at radius 3 is 2.87 bits per heavy atom. The topological polar surface area (TPSA) is 43.4 Å². The van der Waals surface area contributed by atoms with Crippen molar-refractivity contribution in [3.63, 3.8) is 0 Å². The van der Waals surface area contributed by atoms with Gasteiger partial charge in [0.1, 0.15) is 17.5 Å². The van der Waals surface area contributed by atoms with Gasteiger partial charge in [-0.25, -0.2) is 0 Å². The molecule has 1 aliphatic rings. The Morgan fingerprint density at radius 2 is 2.20 bits per heavy atom. The standard InChI is InChI=1S/C12H12O3/c1-8-3-4-9-6-12(2,7-13)11(14)15-10(9)5-8/h3-5,7H,6H2,1-2H3/t12-/m1/s1. The SMILES string of the molecule is Cc1ccc2c(c1)OC(=O)[C@@](C)(C=O)C2. The van der Waals surface area contributed by atoms with Gasteiger partial charge in [0.05, 0.1) is 0 Å². The van der Waals surface area contributed by atoms with Crippen molar-refractivity contribution < 1.29 is 14.3 Å². The van der Waals surface area contributed by atoms with Gasteiger partial charge in [-0.15, -0.1) is 0 Å². The lowest BCUT2D eigenvalue weighted by Crippen LogP contribution is -2.39. The Bertz CT molecular complexity index is 436. The van der Waals surface area contributed by atoms with E-state index in [0.29, 0.717) is 18.5 Å². The molecule has 1 aromatic carbocycles. The minimum Gasteiger partial charge on any atom is -0.425 e. The Labute approximate surface area is 88.1 Å². The van der Waals surface area contributed by atoms with Gasteiger partial charge in [-0.3, -0.25) is 4.79 Å². The van der Waals surface area contributed by atoms with Gasteiger partial charge in [0.25, 0.3) is 0 Å². The number of fused-ring (bicyclic) bond motifs is 1. The Morgan fingerprint density at radius 1 is 1.47 bits per heavy atom. The molecule has 0 saturated heterocycles. The smallest absolute Gasteiger partial charge is 0.324 e. The molecule has 0 fully saturated rings. The van der Waals surface area contributed by atoms with Crippen LogP contribution in [0, 0.1) is 12.3 Å². The highest BCUT2D eigenvalue weighted by molar-refractivity contribution is 5.95. The van der Waals surface area contributed by atoms with Crippen LogP contribution in [-0.4, -0.2) is 12.3 Å². The van der Waals surface area contributed by atoms with E-state index in [1.54, 1.807) is 6.92 Å². The zero-order chi connectivity index (χ0) is 11.1. The molecule has 1 aromatic rings. The second-order valence-electron chi connectivity index (χ2n) is 4.21. The van der Waals surface area contributed by atoms with Gasteiger partial charge < -0.3 is 9.53 Å². The molecule has 0 amide bonds. The molecule has 0 N–H and O–H groups in total. The Balaban J connectivity index is 2.47. The van der Waals surface area contributed by atoms with Crippen molar-refractivity contribution in [2.75, 3.05) is 0 Å². The van der Waals surface area contributed by atoms with Crippen LogP contribution < -0.4 is 4.74 Å². The van der Waals surface area contributed by atoms with Crippen molar-refractivity contribution in [3.05, 3.63) is 29.3 Å².